The number of carboxylic acids is 1. The van der Waals surface area contributed by atoms with Crippen molar-refractivity contribution in [1.29, 1.82) is 0 Å². The van der Waals surface area contributed by atoms with E-state index in [1.165, 1.54) is 0 Å². The van der Waals surface area contributed by atoms with E-state index in [-0.39, 0.29) is 35.8 Å². The molecule has 124 valence electrons. The Hall–Kier alpha value is -0.950. The lowest BCUT2D eigenvalue weighted by atomic mass is 9.70. The van der Waals surface area contributed by atoms with Crippen LogP contribution < -0.4 is 5.11 Å². The highest BCUT2D eigenvalue weighted by Crippen LogP contribution is 2.64. The molecular weight excluding hydrogens is 306 g/mol. The largest absolute Gasteiger partial charge is 0.548 e. The Morgan fingerprint density at radius 3 is 2.55 bits per heavy atom. The molecule has 0 spiro atoms. The zero-order chi connectivity index (χ0) is 16.3. The summed E-state index contributed by atoms with van der Waals surface area (Å²) < 4.78 is 26.7. The van der Waals surface area contributed by atoms with E-state index in [0.29, 0.717) is 19.3 Å². The third-order valence-corrected chi connectivity index (χ3v) is 8.41. The first-order valence-corrected chi connectivity index (χ1v) is 9.46. The number of carbonyl (C=O) groups is 2. The molecule has 0 unspecified atom stereocenters. The van der Waals surface area contributed by atoms with Crippen LogP contribution in [0.3, 0.4) is 0 Å². The second kappa shape index (κ2) is 4.77. The highest BCUT2D eigenvalue weighted by atomic mass is 32.2. The molecule has 3 rings (SSSR count). The third-order valence-electron chi connectivity index (χ3n) is 6.40. The number of sulfonamides is 1. The molecule has 0 N–H and O–H groups in total. The molecule has 1 aliphatic heterocycles. The molecule has 6 nitrogen and oxygen atoms in total. The molecule has 22 heavy (non-hydrogen) atoms. The van der Waals surface area contributed by atoms with Crippen molar-refractivity contribution in [1.82, 2.24) is 4.31 Å². The van der Waals surface area contributed by atoms with E-state index in [9.17, 15) is 23.1 Å². The highest BCUT2D eigenvalue weighted by molar-refractivity contribution is 7.89. The number of carboxylic acid groups (broad SMARTS) is 1. The molecule has 0 radical (unpaired) electrons. The second-order valence-electron chi connectivity index (χ2n) is 7.51. The Bertz CT molecular complexity index is 626. The van der Waals surface area contributed by atoms with Gasteiger partial charge in [-0.05, 0) is 37.0 Å². The average molecular weight is 328 g/mol. The predicted octanol–water partition coefficient (Wildman–Crippen LogP) is -0.0741. The van der Waals surface area contributed by atoms with Crippen LogP contribution in [0.15, 0.2) is 0 Å². The SMILES string of the molecule is CC1(C)[C@H]2CC[C@@]1(CS(=O)(=O)N1CCC[C@@H]1C(=O)[O-])C(=O)C2. The minimum Gasteiger partial charge on any atom is -0.548 e. The summed E-state index contributed by atoms with van der Waals surface area (Å²) in [6, 6.07) is -1.08. The summed E-state index contributed by atoms with van der Waals surface area (Å²) in [6.07, 6.45) is 2.72. The zero-order valence-corrected chi connectivity index (χ0v) is 13.8. The summed E-state index contributed by atoms with van der Waals surface area (Å²) in [5.74, 6) is -1.33. The van der Waals surface area contributed by atoms with E-state index in [1.807, 2.05) is 13.8 Å². The molecule has 0 aromatic carbocycles. The van der Waals surface area contributed by atoms with E-state index in [1.54, 1.807) is 0 Å². The first-order chi connectivity index (χ1) is 10.1. The third kappa shape index (κ3) is 1.98. The number of ketones is 1. The number of rotatable bonds is 4. The van der Waals surface area contributed by atoms with Crippen molar-refractivity contribution in [2.75, 3.05) is 12.3 Å². The van der Waals surface area contributed by atoms with E-state index in [4.69, 9.17) is 0 Å². The van der Waals surface area contributed by atoms with Gasteiger partial charge in [0, 0.05) is 18.4 Å². The van der Waals surface area contributed by atoms with Gasteiger partial charge in [-0.25, -0.2) is 8.42 Å². The standard InChI is InChI=1S/C15H23NO5S/c1-14(2)10-5-6-15(14,12(17)8-10)9-22(20,21)16-7-3-4-11(16)13(18)19/h10-11H,3-9H2,1-2H3,(H,18,19)/p-1/t10-,11+,15+/m0/s1. The molecular formula is C15H22NO5S-. The van der Waals surface area contributed by atoms with Crippen molar-refractivity contribution in [3.8, 4) is 0 Å². The van der Waals surface area contributed by atoms with Crippen LogP contribution in [0, 0.1) is 16.7 Å². The van der Waals surface area contributed by atoms with Crippen LogP contribution in [-0.2, 0) is 19.6 Å². The molecule has 0 aromatic heterocycles. The Morgan fingerprint density at radius 1 is 1.36 bits per heavy atom. The number of Topliss-reactive ketones (excluding diaryl/α,β-unsaturated/α-hetero) is 1. The number of hydrogen-bond acceptors (Lipinski definition) is 5. The summed E-state index contributed by atoms with van der Waals surface area (Å²) in [7, 11) is -3.79. The highest BCUT2D eigenvalue weighted by Gasteiger charge is 2.65. The van der Waals surface area contributed by atoms with E-state index < -0.39 is 27.4 Å². The molecule has 2 bridgehead atoms. The topological polar surface area (TPSA) is 94.6 Å². The molecule has 1 heterocycles. The molecule has 2 aliphatic carbocycles. The van der Waals surface area contributed by atoms with Crippen LogP contribution in [0.4, 0.5) is 0 Å². The summed E-state index contributed by atoms with van der Waals surface area (Å²) in [6.45, 7) is 4.16. The van der Waals surface area contributed by atoms with E-state index in [2.05, 4.69) is 0 Å². The minimum absolute atomic E-state index is 0.0292. The number of aliphatic carboxylic acids is 1. The van der Waals surface area contributed by atoms with Gasteiger partial charge >= 0.3 is 0 Å². The van der Waals surface area contributed by atoms with E-state index >= 15 is 0 Å². The quantitative estimate of drug-likeness (QED) is 0.720. The van der Waals surface area contributed by atoms with Gasteiger partial charge in [0.15, 0.2) is 0 Å². The van der Waals surface area contributed by atoms with Gasteiger partial charge in [0.05, 0.1) is 17.8 Å². The maximum absolute atomic E-state index is 12.8. The van der Waals surface area contributed by atoms with Crippen molar-refractivity contribution < 1.29 is 23.1 Å². The van der Waals surface area contributed by atoms with Crippen LogP contribution in [0.25, 0.3) is 0 Å². The summed E-state index contributed by atoms with van der Waals surface area (Å²) >= 11 is 0. The molecule has 7 heteroatoms. The average Bonchev–Trinajstić information content (AvgIpc) is 3.02. The van der Waals surface area contributed by atoms with Crippen LogP contribution in [-0.4, -0.2) is 42.8 Å². The van der Waals surface area contributed by atoms with Gasteiger partial charge in [-0.2, -0.15) is 4.31 Å². The van der Waals surface area contributed by atoms with Gasteiger partial charge in [-0.1, -0.05) is 13.8 Å². The number of fused-ring (bicyclic) bond motifs is 2. The Kier molecular flexibility index (Phi) is 3.45. The predicted molar refractivity (Wildman–Crippen MR) is 77.1 cm³/mol. The van der Waals surface area contributed by atoms with Gasteiger partial charge in [0.2, 0.25) is 10.0 Å². The molecule has 1 saturated heterocycles. The summed E-state index contributed by atoms with van der Waals surface area (Å²) in [5.41, 5.74) is -1.19. The van der Waals surface area contributed by atoms with Crippen molar-refractivity contribution in [2.45, 2.75) is 52.0 Å². The lowest BCUT2D eigenvalue weighted by molar-refractivity contribution is -0.309. The van der Waals surface area contributed by atoms with Crippen LogP contribution in [0.2, 0.25) is 0 Å². The normalized spacial score (nSPS) is 37.8. The van der Waals surface area contributed by atoms with Gasteiger partial charge < -0.3 is 9.90 Å². The molecule has 0 amide bonds. The molecule has 3 aliphatic rings. The van der Waals surface area contributed by atoms with Crippen molar-refractivity contribution >= 4 is 21.8 Å². The van der Waals surface area contributed by atoms with Crippen molar-refractivity contribution in [3.63, 3.8) is 0 Å². The lowest BCUT2D eigenvalue weighted by Gasteiger charge is -2.38. The number of nitrogens with zero attached hydrogens (tertiary/aromatic N) is 1. The van der Waals surface area contributed by atoms with Crippen molar-refractivity contribution in [2.24, 2.45) is 16.7 Å². The Morgan fingerprint density at radius 2 is 2.05 bits per heavy atom. The smallest absolute Gasteiger partial charge is 0.215 e. The van der Waals surface area contributed by atoms with Gasteiger partial charge in [-0.15, -0.1) is 0 Å². The van der Waals surface area contributed by atoms with Crippen LogP contribution in [0.1, 0.15) is 46.0 Å². The minimum atomic E-state index is -3.79. The Labute approximate surface area is 130 Å². The van der Waals surface area contributed by atoms with Crippen LogP contribution >= 0.6 is 0 Å². The van der Waals surface area contributed by atoms with Crippen LogP contribution in [0.5, 0.6) is 0 Å². The number of hydrogen-bond donors (Lipinski definition) is 0. The van der Waals surface area contributed by atoms with Gasteiger partial charge in [0.1, 0.15) is 5.78 Å². The first kappa shape index (κ1) is 15.9. The maximum atomic E-state index is 12.8. The fourth-order valence-corrected chi connectivity index (χ4v) is 7.26. The van der Waals surface area contributed by atoms with E-state index in [0.717, 1.165) is 10.7 Å². The van der Waals surface area contributed by atoms with Gasteiger partial charge in [0.25, 0.3) is 0 Å². The molecule has 3 fully saturated rings. The second-order valence-corrected chi connectivity index (χ2v) is 9.43. The maximum Gasteiger partial charge on any atom is 0.215 e. The Balaban J connectivity index is 1.92. The fraction of sp³-hybridized carbons (Fsp3) is 0.867. The summed E-state index contributed by atoms with van der Waals surface area (Å²) in [5, 5.41) is 11.2. The lowest BCUT2D eigenvalue weighted by Crippen LogP contribution is -2.51. The molecule has 3 atom stereocenters. The molecule has 2 saturated carbocycles. The number of carbonyl (C=O) groups excluding carboxylic acids is 2. The van der Waals surface area contributed by atoms with Crippen molar-refractivity contribution in [3.05, 3.63) is 0 Å². The zero-order valence-electron chi connectivity index (χ0n) is 13.0. The van der Waals surface area contributed by atoms with Gasteiger partial charge in [-0.3, -0.25) is 4.79 Å². The summed E-state index contributed by atoms with van der Waals surface area (Å²) in [4.78, 5) is 23.6. The fourth-order valence-electron chi connectivity index (χ4n) is 4.81. The monoisotopic (exact) mass is 328 g/mol. The molecule has 0 aromatic rings. The first-order valence-electron chi connectivity index (χ1n) is 7.85.